The molecule has 5 atom stereocenters. The number of rotatable bonds is 1. The molecule has 106 valence electrons. The molecule has 6 nitrogen and oxygen atoms in total. The topological polar surface area (TPSA) is 73.9 Å². The Morgan fingerprint density at radius 1 is 1.21 bits per heavy atom. The maximum atomic E-state index is 11.9. The van der Waals surface area contributed by atoms with Gasteiger partial charge in [0, 0.05) is 18.8 Å². The van der Waals surface area contributed by atoms with Crippen molar-refractivity contribution in [1.82, 2.24) is 5.32 Å². The first-order chi connectivity index (χ1) is 8.85. The SMILES string of the molecule is C[C@H]1OC(=O)N[C@@H]1[C@H]1CC(=O)C[C@H]2OC(C)(C)O[C@H]12. The maximum Gasteiger partial charge on any atom is 0.407 e. The van der Waals surface area contributed by atoms with Gasteiger partial charge in [0.15, 0.2) is 5.79 Å². The van der Waals surface area contributed by atoms with Crippen LogP contribution in [-0.4, -0.2) is 42.0 Å². The van der Waals surface area contributed by atoms with E-state index in [1.54, 1.807) is 0 Å². The summed E-state index contributed by atoms with van der Waals surface area (Å²) in [4.78, 5) is 23.2. The average molecular weight is 269 g/mol. The van der Waals surface area contributed by atoms with E-state index < -0.39 is 11.9 Å². The number of hydrogen-bond acceptors (Lipinski definition) is 5. The van der Waals surface area contributed by atoms with Crippen LogP contribution in [-0.2, 0) is 19.0 Å². The molecule has 3 aliphatic rings. The summed E-state index contributed by atoms with van der Waals surface area (Å²) in [7, 11) is 0. The predicted octanol–water partition coefficient (Wildman–Crippen LogP) is 0.982. The molecular weight excluding hydrogens is 250 g/mol. The lowest BCUT2D eigenvalue weighted by Crippen LogP contribution is -2.50. The molecule has 1 aliphatic carbocycles. The quantitative estimate of drug-likeness (QED) is 0.768. The van der Waals surface area contributed by atoms with Gasteiger partial charge in [0.05, 0.1) is 18.2 Å². The number of amides is 1. The second-order valence-corrected chi connectivity index (χ2v) is 6.03. The number of carbonyl (C=O) groups excluding carboxylic acids is 2. The van der Waals surface area contributed by atoms with Crippen molar-refractivity contribution in [2.24, 2.45) is 5.92 Å². The molecule has 0 aromatic heterocycles. The molecule has 2 aliphatic heterocycles. The fourth-order valence-electron chi connectivity index (χ4n) is 3.39. The van der Waals surface area contributed by atoms with Gasteiger partial charge in [-0.2, -0.15) is 0 Å². The molecule has 1 amide bonds. The summed E-state index contributed by atoms with van der Waals surface area (Å²) >= 11 is 0. The van der Waals surface area contributed by atoms with Crippen molar-refractivity contribution in [2.75, 3.05) is 0 Å². The van der Waals surface area contributed by atoms with Gasteiger partial charge in [-0.1, -0.05) is 0 Å². The highest BCUT2D eigenvalue weighted by Crippen LogP contribution is 2.41. The number of ketones is 1. The van der Waals surface area contributed by atoms with Crippen molar-refractivity contribution < 1.29 is 23.8 Å². The number of nitrogens with one attached hydrogen (secondary N) is 1. The molecule has 2 saturated heterocycles. The van der Waals surface area contributed by atoms with E-state index in [9.17, 15) is 9.59 Å². The number of alkyl carbamates (subject to hydrolysis) is 1. The van der Waals surface area contributed by atoms with Crippen molar-refractivity contribution in [1.29, 1.82) is 0 Å². The molecule has 1 saturated carbocycles. The monoisotopic (exact) mass is 269 g/mol. The molecule has 3 rings (SSSR count). The van der Waals surface area contributed by atoms with E-state index in [4.69, 9.17) is 14.2 Å². The molecule has 19 heavy (non-hydrogen) atoms. The zero-order chi connectivity index (χ0) is 13.8. The van der Waals surface area contributed by atoms with Crippen LogP contribution in [0.15, 0.2) is 0 Å². The normalized spacial score (nSPS) is 44.7. The molecule has 0 bridgehead atoms. The van der Waals surface area contributed by atoms with Gasteiger partial charge in [-0.25, -0.2) is 4.79 Å². The highest BCUT2D eigenvalue weighted by molar-refractivity contribution is 5.81. The lowest BCUT2D eigenvalue weighted by atomic mass is 9.78. The van der Waals surface area contributed by atoms with Crippen LogP contribution in [0.3, 0.4) is 0 Å². The van der Waals surface area contributed by atoms with Gasteiger partial charge >= 0.3 is 6.09 Å². The Balaban J connectivity index is 1.83. The van der Waals surface area contributed by atoms with E-state index >= 15 is 0 Å². The van der Waals surface area contributed by atoms with Gasteiger partial charge in [-0.15, -0.1) is 0 Å². The summed E-state index contributed by atoms with van der Waals surface area (Å²) in [5, 5.41) is 2.78. The minimum atomic E-state index is -0.676. The van der Waals surface area contributed by atoms with Crippen LogP contribution >= 0.6 is 0 Å². The smallest absolute Gasteiger partial charge is 0.407 e. The molecular formula is C13H19NO5. The molecule has 0 aromatic carbocycles. The molecule has 0 radical (unpaired) electrons. The van der Waals surface area contributed by atoms with Gasteiger partial charge in [-0.3, -0.25) is 4.79 Å². The Morgan fingerprint density at radius 3 is 2.58 bits per heavy atom. The number of hydrogen-bond donors (Lipinski definition) is 1. The minimum absolute atomic E-state index is 0.0884. The third-order valence-electron chi connectivity index (χ3n) is 4.08. The predicted molar refractivity (Wildman–Crippen MR) is 64.4 cm³/mol. The Labute approximate surface area is 111 Å². The first-order valence-electron chi connectivity index (χ1n) is 6.70. The molecule has 2 heterocycles. The molecule has 3 fully saturated rings. The molecule has 0 spiro atoms. The summed E-state index contributed by atoms with van der Waals surface area (Å²) in [6.45, 7) is 5.53. The maximum absolute atomic E-state index is 11.9. The molecule has 0 aromatic rings. The van der Waals surface area contributed by atoms with Gasteiger partial charge in [0.2, 0.25) is 0 Å². The van der Waals surface area contributed by atoms with E-state index in [2.05, 4.69) is 5.32 Å². The highest BCUT2D eigenvalue weighted by atomic mass is 16.8. The van der Waals surface area contributed by atoms with Crippen LogP contribution in [0.1, 0.15) is 33.6 Å². The zero-order valence-corrected chi connectivity index (χ0v) is 11.3. The van der Waals surface area contributed by atoms with E-state index in [-0.39, 0.29) is 36.1 Å². The van der Waals surface area contributed by atoms with E-state index in [0.717, 1.165) is 0 Å². The van der Waals surface area contributed by atoms with Gasteiger partial charge in [0.25, 0.3) is 0 Å². The average Bonchev–Trinajstić information content (AvgIpc) is 2.75. The van der Waals surface area contributed by atoms with Crippen LogP contribution in [0, 0.1) is 5.92 Å². The summed E-state index contributed by atoms with van der Waals surface area (Å²) < 4.78 is 16.8. The molecule has 0 unspecified atom stereocenters. The lowest BCUT2D eigenvalue weighted by molar-refractivity contribution is -0.150. The summed E-state index contributed by atoms with van der Waals surface area (Å²) in [5.74, 6) is -0.611. The van der Waals surface area contributed by atoms with Crippen LogP contribution in [0.2, 0.25) is 0 Å². The fraction of sp³-hybridized carbons (Fsp3) is 0.846. The largest absolute Gasteiger partial charge is 0.444 e. The highest BCUT2D eigenvalue weighted by Gasteiger charge is 2.53. The second kappa shape index (κ2) is 4.18. The van der Waals surface area contributed by atoms with Crippen LogP contribution in [0.5, 0.6) is 0 Å². The molecule has 6 heteroatoms. The fourth-order valence-corrected chi connectivity index (χ4v) is 3.39. The Bertz CT molecular complexity index is 421. The van der Waals surface area contributed by atoms with Crippen molar-refractivity contribution in [3.8, 4) is 0 Å². The van der Waals surface area contributed by atoms with Gasteiger partial charge in [0.1, 0.15) is 11.9 Å². The number of carbonyl (C=O) groups is 2. The first kappa shape index (κ1) is 12.9. The van der Waals surface area contributed by atoms with Crippen LogP contribution < -0.4 is 5.32 Å². The van der Waals surface area contributed by atoms with Crippen molar-refractivity contribution in [3.63, 3.8) is 0 Å². The van der Waals surface area contributed by atoms with Crippen LogP contribution in [0.25, 0.3) is 0 Å². The lowest BCUT2D eigenvalue weighted by Gasteiger charge is -2.34. The number of cyclic esters (lactones) is 1. The van der Waals surface area contributed by atoms with E-state index in [0.29, 0.717) is 12.8 Å². The molecule has 1 N–H and O–H groups in total. The van der Waals surface area contributed by atoms with Gasteiger partial charge < -0.3 is 19.5 Å². The van der Waals surface area contributed by atoms with E-state index in [1.807, 2.05) is 20.8 Å². The zero-order valence-electron chi connectivity index (χ0n) is 11.3. The standard InChI is InChI=1S/C13H19NO5/c1-6-10(14-12(16)17-6)8-4-7(15)5-9-11(8)19-13(2,3)18-9/h6,8-11H,4-5H2,1-3H3,(H,14,16)/t6-,8-,9-,10+,11-/m1/s1. The summed E-state index contributed by atoms with van der Waals surface area (Å²) in [6.07, 6.45) is -0.269. The van der Waals surface area contributed by atoms with E-state index in [1.165, 1.54) is 0 Å². The third kappa shape index (κ3) is 2.23. The minimum Gasteiger partial charge on any atom is -0.444 e. The van der Waals surface area contributed by atoms with Crippen molar-refractivity contribution in [3.05, 3.63) is 0 Å². The first-order valence-corrected chi connectivity index (χ1v) is 6.70. The summed E-state index contributed by atoms with van der Waals surface area (Å²) in [5.41, 5.74) is 0. The number of Topliss-reactive ketones (excluding diaryl/α,β-unsaturated/α-hetero) is 1. The summed E-state index contributed by atoms with van der Waals surface area (Å²) in [6, 6.07) is -0.193. The second-order valence-electron chi connectivity index (χ2n) is 6.03. The van der Waals surface area contributed by atoms with Crippen LogP contribution in [0.4, 0.5) is 4.79 Å². The Hall–Kier alpha value is -1.14. The van der Waals surface area contributed by atoms with Crippen molar-refractivity contribution in [2.45, 2.75) is 63.8 Å². The van der Waals surface area contributed by atoms with Gasteiger partial charge in [-0.05, 0) is 20.8 Å². The Morgan fingerprint density at radius 2 is 1.95 bits per heavy atom. The Kier molecular flexibility index (Phi) is 2.83. The number of ether oxygens (including phenoxy) is 3. The third-order valence-corrected chi connectivity index (χ3v) is 4.08. The van der Waals surface area contributed by atoms with Crippen molar-refractivity contribution >= 4 is 11.9 Å². The number of fused-ring (bicyclic) bond motifs is 1.